The van der Waals surface area contributed by atoms with Gasteiger partial charge in [0.15, 0.2) is 0 Å². The van der Waals surface area contributed by atoms with Gasteiger partial charge in [-0.15, -0.1) is 0 Å². The molecule has 3 aliphatic rings. The van der Waals surface area contributed by atoms with Gasteiger partial charge in [0.05, 0.1) is 19.8 Å². The third-order valence-electron chi connectivity index (χ3n) is 6.88. The summed E-state index contributed by atoms with van der Waals surface area (Å²) in [4.78, 5) is 13.8. The van der Waals surface area contributed by atoms with Crippen molar-refractivity contribution in [1.82, 2.24) is 24.9 Å². The topological polar surface area (TPSA) is 67.5 Å². The summed E-state index contributed by atoms with van der Waals surface area (Å²) in [6.07, 6.45) is 4.80. The summed E-state index contributed by atoms with van der Waals surface area (Å²) in [5.74, 6) is 2.07. The van der Waals surface area contributed by atoms with Gasteiger partial charge in [-0.25, -0.2) is 0 Å². The summed E-state index contributed by atoms with van der Waals surface area (Å²) in [5.41, 5.74) is 1.75. The van der Waals surface area contributed by atoms with E-state index in [-0.39, 0.29) is 0 Å². The number of nitrogens with zero attached hydrogens (tertiary/aromatic N) is 5. The average molecular weight is 383 g/mol. The molecule has 1 aliphatic carbocycles. The average Bonchev–Trinajstić information content (AvgIpc) is 3.27. The largest absolute Gasteiger partial charge is 0.379 e. The summed E-state index contributed by atoms with van der Waals surface area (Å²) < 4.78 is 11.1. The van der Waals surface area contributed by atoms with E-state index in [2.05, 4.69) is 38.8 Å². The molecular weight excluding hydrogens is 354 g/mol. The van der Waals surface area contributed by atoms with Crippen LogP contribution in [0.3, 0.4) is 0 Å². The summed E-state index contributed by atoms with van der Waals surface area (Å²) >= 11 is 0. The molecule has 2 saturated heterocycles. The smallest absolute Gasteiger partial charge is 0.241 e. The number of pyridine rings is 1. The molecule has 0 amide bonds. The summed E-state index contributed by atoms with van der Waals surface area (Å²) in [7, 11) is 0. The van der Waals surface area contributed by atoms with Gasteiger partial charge in [0.1, 0.15) is 0 Å². The van der Waals surface area contributed by atoms with Gasteiger partial charge in [0.2, 0.25) is 11.7 Å². The lowest BCUT2D eigenvalue weighted by Gasteiger charge is -2.58. The van der Waals surface area contributed by atoms with Crippen LogP contribution in [0.25, 0.3) is 11.4 Å². The molecule has 150 valence electrons. The predicted octanol–water partition coefficient (Wildman–Crippen LogP) is 2.31. The molecule has 7 nitrogen and oxygen atoms in total. The Morgan fingerprint density at radius 3 is 2.68 bits per heavy atom. The second kappa shape index (κ2) is 6.90. The van der Waals surface area contributed by atoms with E-state index in [4.69, 9.17) is 9.26 Å². The number of hydrogen-bond donors (Lipinski definition) is 0. The van der Waals surface area contributed by atoms with E-state index in [0.717, 1.165) is 57.4 Å². The fourth-order valence-corrected chi connectivity index (χ4v) is 5.90. The molecule has 0 unspecified atom stereocenters. The predicted molar refractivity (Wildman–Crippen MR) is 104 cm³/mol. The van der Waals surface area contributed by atoms with Gasteiger partial charge in [-0.05, 0) is 29.9 Å². The Balaban J connectivity index is 1.28. The van der Waals surface area contributed by atoms with Crippen molar-refractivity contribution in [2.24, 2.45) is 16.7 Å². The van der Waals surface area contributed by atoms with Crippen molar-refractivity contribution in [2.75, 3.05) is 45.9 Å². The second-order valence-corrected chi connectivity index (χ2v) is 9.39. The highest BCUT2D eigenvalue weighted by Crippen LogP contribution is 2.63. The van der Waals surface area contributed by atoms with E-state index in [9.17, 15) is 0 Å². The Morgan fingerprint density at radius 1 is 1.14 bits per heavy atom. The molecule has 7 heteroatoms. The number of likely N-dealkylation sites (tertiary alicyclic amines) is 1. The molecule has 28 heavy (non-hydrogen) atoms. The molecule has 4 heterocycles. The normalized spacial score (nSPS) is 30.1. The minimum absolute atomic E-state index is 0.398. The van der Waals surface area contributed by atoms with E-state index in [1.165, 1.54) is 13.0 Å². The van der Waals surface area contributed by atoms with Gasteiger partial charge in [0, 0.05) is 56.1 Å². The molecule has 2 aromatic rings. The van der Waals surface area contributed by atoms with Crippen molar-refractivity contribution in [3.63, 3.8) is 0 Å². The van der Waals surface area contributed by atoms with Gasteiger partial charge in [0.25, 0.3) is 0 Å². The van der Waals surface area contributed by atoms with Crippen LogP contribution in [-0.2, 0) is 11.3 Å². The maximum Gasteiger partial charge on any atom is 0.241 e. The molecule has 1 saturated carbocycles. The van der Waals surface area contributed by atoms with E-state index >= 15 is 0 Å². The number of hydrogen-bond acceptors (Lipinski definition) is 7. The van der Waals surface area contributed by atoms with Gasteiger partial charge >= 0.3 is 0 Å². The highest BCUT2D eigenvalue weighted by atomic mass is 16.5. The molecule has 0 aromatic carbocycles. The van der Waals surface area contributed by atoms with Crippen molar-refractivity contribution >= 4 is 0 Å². The zero-order chi connectivity index (χ0) is 19.2. The van der Waals surface area contributed by atoms with Crippen LogP contribution in [0.15, 0.2) is 29.0 Å². The Labute approximate surface area is 166 Å². The minimum atomic E-state index is 0.398. The van der Waals surface area contributed by atoms with E-state index < -0.39 is 0 Å². The Bertz CT molecular complexity index is 817. The van der Waals surface area contributed by atoms with Gasteiger partial charge in [-0.3, -0.25) is 14.8 Å². The highest BCUT2D eigenvalue weighted by Gasteiger charge is 2.62. The highest BCUT2D eigenvalue weighted by molar-refractivity contribution is 5.52. The Morgan fingerprint density at radius 2 is 1.93 bits per heavy atom. The lowest BCUT2D eigenvalue weighted by atomic mass is 9.48. The SMILES string of the molecule is CC1(C)C[C@]2(CN3CCOCC3)CN(Cc3nc(-c4ccncc4)no3)C[C@H]12. The molecular formula is C21H29N5O2. The fourth-order valence-electron chi connectivity index (χ4n) is 5.90. The summed E-state index contributed by atoms with van der Waals surface area (Å²) in [6.45, 7) is 12.9. The number of rotatable bonds is 5. The Kier molecular flexibility index (Phi) is 4.49. The van der Waals surface area contributed by atoms with Crippen molar-refractivity contribution in [1.29, 1.82) is 0 Å². The van der Waals surface area contributed by atoms with Crippen LogP contribution in [0.4, 0.5) is 0 Å². The number of aromatic nitrogens is 3. The molecule has 2 atom stereocenters. The van der Waals surface area contributed by atoms with Crippen LogP contribution >= 0.6 is 0 Å². The summed E-state index contributed by atoms with van der Waals surface area (Å²) in [5, 5.41) is 4.16. The van der Waals surface area contributed by atoms with Gasteiger partial charge in [-0.1, -0.05) is 19.0 Å². The van der Waals surface area contributed by atoms with E-state index in [1.54, 1.807) is 12.4 Å². The fraction of sp³-hybridized carbons (Fsp3) is 0.667. The minimum Gasteiger partial charge on any atom is -0.379 e. The van der Waals surface area contributed by atoms with Gasteiger partial charge < -0.3 is 9.26 Å². The first-order valence-corrected chi connectivity index (χ1v) is 10.3. The first kappa shape index (κ1) is 18.2. The van der Waals surface area contributed by atoms with Crippen LogP contribution in [0.5, 0.6) is 0 Å². The van der Waals surface area contributed by atoms with Gasteiger partial charge in [-0.2, -0.15) is 4.98 Å². The van der Waals surface area contributed by atoms with Crippen LogP contribution < -0.4 is 0 Å². The second-order valence-electron chi connectivity index (χ2n) is 9.39. The molecule has 5 rings (SSSR count). The molecule has 0 bridgehead atoms. The zero-order valence-electron chi connectivity index (χ0n) is 16.8. The molecule has 0 spiro atoms. The third-order valence-corrected chi connectivity index (χ3v) is 6.88. The molecule has 0 N–H and O–H groups in total. The number of fused-ring (bicyclic) bond motifs is 1. The van der Waals surface area contributed by atoms with Crippen molar-refractivity contribution < 1.29 is 9.26 Å². The van der Waals surface area contributed by atoms with Crippen LogP contribution in [-0.4, -0.2) is 70.9 Å². The quantitative estimate of drug-likeness (QED) is 0.785. The molecule has 0 radical (unpaired) electrons. The van der Waals surface area contributed by atoms with E-state index in [1.807, 2.05) is 12.1 Å². The number of morpholine rings is 1. The lowest BCUT2D eigenvalue weighted by molar-refractivity contribution is -0.0967. The molecule has 2 aromatic heterocycles. The van der Waals surface area contributed by atoms with Crippen molar-refractivity contribution in [2.45, 2.75) is 26.8 Å². The third kappa shape index (κ3) is 3.25. The Hall–Kier alpha value is -1.83. The van der Waals surface area contributed by atoms with Crippen LogP contribution in [0.1, 0.15) is 26.2 Å². The maximum atomic E-state index is 5.56. The lowest BCUT2D eigenvalue weighted by Crippen LogP contribution is -2.59. The van der Waals surface area contributed by atoms with Crippen LogP contribution in [0.2, 0.25) is 0 Å². The van der Waals surface area contributed by atoms with E-state index in [0.29, 0.717) is 22.5 Å². The molecule has 2 aliphatic heterocycles. The molecule has 3 fully saturated rings. The van der Waals surface area contributed by atoms with Crippen LogP contribution in [0, 0.1) is 16.7 Å². The number of ether oxygens (including phenoxy) is 1. The first-order valence-electron chi connectivity index (χ1n) is 10.3. The first-order chi connectivity index (χ1) is 13.5. The maximum absolute atomic E-state index is 5.56. The summed E-state index contributed by atoms with van der Waals surface area (Å²) in [6, 6.07) is 3.81. The monoisotopic (exact) mass is 383 g/mol. The van der Waals surface area contributed by atoms with Crippen molar-refractivity contribution in [3.05, 3.63) is 30.4 Å². The van der Waals surface area contributed by atoms with Crippen molar-refractivity contribution in [3.8, 4) is 11.4 Å². The zero-order valence-corrected chi connectivity index (χ0v) is 16.8. The standard InChI is InChI=1S/C21H29N5O2/c1-20(2)13-21(14-25-7-9-27-10-8-25)15-26(11-17(20)21)12-18-23-19(24-28-18)16-3-5-22-6-4-16/h3-6,17H,7-15H2,1-2H3/t17-,21+/m1/s1.